The molecule has 0 radical (unpaired) electrons. The monoisotopic (exact) mass is 235 g/mol. The molecule has 0 fully saturated rings. The maximum absolute atomic E-state index is 11.2. The van der Waals surface area contributed by atoms with Crippen LogP contribution >= 0.6 is 0 Å². The van der Waals surface area contributed by atoms with Crippen LogP contribution in [0.2, 0.25) is 0 Å². The van der Waals surface area contributed by atoms with Crippen LogP contribution in [0.3, 0.4) is 0 Å². The van der Waals surface area contributed by atoms with Crippen LogP contribution in [0.25, 0.3) is 0 Å². The Labute approximate surface area is 101 Å². The summed E-state index contributed by atoms with van der Waals surface area (Å²) in [4.78, 5) is 11.2. The molecule has 2 unspecified atom stereocenters. The molecule has 4 nitrogen and oxygen atoms in total. The zero-order valence-corrected chi connectivity index (χ0v) is 10.1. The molecule has 0 saturated carbocycles. The third-order valence-corrected chi connectivity index (χ3v) is 3.16. The Kier molecular flexibility index (Phi) is 3.33. The normalized spacial score (nSPS) is 17.7. The molecule has 92 valence electrons. The maximum atomic E-state index is 11.2. The molecule has 0 saturated heterocycles. The Morgan fingerprint density at radius 1 is 1.53 bits per heavy atom. The summed E-state index contributed by atoms with van der Waals surface area (Å²) in [5, 5.41) is 12.8. The highest BCUT2D eigenvalue weighted by molar-refractivity contribution is 5.95. The zero-order chi connectivity index (χ0) is 12.4. The van der Waals surface area contributed by atoms with E-state index >= 15 is 0 Å². The third-order valence-electron chi connectivity index (χ3n) is 3.16. The van der Waals surface area contributed by atoms with Crippen molar-refractivity contribution in [1.29, 1.82) is 0 Å². The molecule has 1 aliphatic heterocycles. The summed E-state index contributed by atoms with van der Waals surface area (Å²) in [5.41, 5.74) is 1.45. The van der Waals surface area contributed by atoms with E-state index in [0.717, 1.165) is 12.0 Å². The lowest BCUT2D eigenvalue weighted by Crippen LogP contribution is -2.25. The van der Waals surface area contributed by atoms with Crippen molar-refractivity contribution in [3.63, 3.8) is 0 Å². The Balaban J connectivity index is 2.26. The van der Waals surface area contributed by atoms with E-state index < -0.39 is 6.10 Å². The van der Waals surface area contributed by atoms with E-state index in [4.69, 9.17) is 4.74 Å². The molecule has 1 aliphatic rings. The van der Waals surface area contributed by atoms with Gasteiger partial charge in [0.05, 0.1) is 11.8 Å². The highest BCUT2D eigenvalue weighted by Gasteiger charge is 2.20. The standard InChI is InChI=1S/C13H17NO3/c1-3-8(2)13(16)9-4-5-11-10(6-9)14-12(15)7-17-11/h4-6,8,13,16H,3,7H2,1-2H3,(H,14,15). The van der Waals surface area contributed by atoms with Crippen molar-refractivity contribution in [2.45, 2.75) is 26.4 Å². The van der Waals surface area contributed by atoms with Gasteiger partial charge in [-0.2, -0.15) is 0 Å². The number of amides is 1. The molecule has 0 spiro atoms. The van der Waals surface area contributed by atoms with E-state index in [1.807, 2.05) is 19.9 Å². The van der Waals surface area contributed by atoms with Crippen molar-refractivity contribution in [3.8, 4) is 5.75 Å². The molecule has 0 aromatic heterocycles. The van der Waals surface area contributed by atoms with Gasteiger partial charge in [0.2, 0.25) is 0 Å². The zero-order valence-electron chi connectivity index (χ0n) is 10.1. The van der Waals surface area contributed by atoms with Crippen molar-refractivity contribution in [2.75, 3.05) is 11.9 Å². The molecule has 2 rings (SSSR count). The Morgan fingerprint density at radius 3 is 3.00 bits per heavy atom. The van der Waals surface area contributed by atoms with Gasteiger partial charge >= 0.3 is 0 Å². The minimum Gasteiger partial charge on any atom is -0.482 e. The van der Waals surface area contributed by atoms with Gasteiger partial charge in [0.1, 0.15) is 5.75 Å². The average molecular weight is 235 g/mol. The van der Waals surface area contributed by atoms with Gasteiger partial charge in [0.25, 0.3) is 5.91 Å². The Hall–Kier alpha value is -1.55. The van der Waals surface area contributed by atoms with Gasteiger partial charge in [-0.05, 0) is 23.6 Å². The lowest BCUT2D eigenvalue weighted by atomic mass is 9.95. The lowest BCUT2D eigenvalue weighted by Gasteiger charge is -2.22. The Morgan fingerprint density at radius 2 is 2.29 bits per heavy atom. The minimum atomic E-state index is -0.510. The fourth-order valence-corrected chi connectivity index (χ4v) is 1.84. The largest absolute Gasteiger partial charge is 0.482 e. The highest BCUT2D eigenvalue weighted by Crippen LogP contribution is 2.33. The van der Waals surface area contributed by atoms with Crippen LogP contribution in [0, 0.1) is 5.92 Å². The maximum Gasteiger partial charge on any atom is 0.262 e. The summed E-state index contributed by atoms with van der Waals surface area (Å²) >= 11 is 0. The number of nitrogens with one attached hydrogen (secondary N) is 1. The van der Waals surface area contributed by atoms with Crippen LogP contribution in [-0.4, -0.2) is 17.6 Å². The van der Waals surface area contributed by atoms with E-state index in [1.165, 1.54) is 0 Å². The van der Waals surface area contributed by atoms with Crippen LogP contribution in [0.15, 0.2) is 18.2 Å². The number of fused-ring (bicyclic) bond motifs is 1. The molecule has 17 heavy (non-hydrogen) atoms. The van der Waals surface area contributed by atoms with Gasteiger partial charge in [-0.1, -0.05) is 26.3 Å². The first-order valence-corrected chi connectivity index (χ1v) is 5.86. The summed E-state index contributed by atoms with van der Waals surface area (Å²) < 4.78 is 5.26. The summed E-state index contributed by atoms with van der Waals surface area (Å²) in [6, 6.07) is 5.41. The van der Waals surface area contributed by atoms with Gasteiger partial charge in [-0.3, -0.25) is 4.79 Å². The lowest BCUT2D eigenvalue weighted by molar-refractivity contribution is -0.118. The van der Waals surface area contributed by atoms with Crippen molar-refractivity contribution < 1.29 is 14.6 Å². The smallest absolute Gasteiger partial charge is 0.262 e. The molecule has 0 aliphatic carbocycles. The Bertz CT molecular complexity index is 431. The number of aliphatic hydroxyl groups excluding tert-OH is 1. The van der Waals surface area contributed by atoms with E-state index in [9.17, 15) is 9.90 Å². The summed E-state index contributed by atoms with van der Waals surface area (Å²) in [7, 11) is 0. The number of ether oxygens (including phenoxy) is 1. The molecular formula is C13H17NO3. The molecular weight excluding hydrogens is 218 g/mol. The fraction of sp³-hybridized carbons (Fsp3) is 0.462. The van der Waals surface area contributed by atoms with E-state index in [0.29, 0.717) is 11.4 Å². The van der Waals surface area contributed by atoms with E-state index in [1.54, 1.807) is 12.1 Å². The molecule has 4 heteroatoms. The van der Waals surface area contributed by atoms with Gasteiger partial charge < -0.3 is 15.2 Å². The van der Waals surface area contributed by atoms with Crippen LogP contribution in [0.1, 0.15) is 31.9 Å². The van der Waals surface area contributed by atoms with Gasteiger partial charge in [-0.25, -0.2) is 0 Å². The molecule has 1 heterocycles. The second-order valence-electron chi connectivity index (χ2n) is 4.42. The van der Waals surface area contributed by atoms with Crippen LogP contribution < -0.4 is 10.1 Å². The predicted octanol–water partition coefficient (Wildman–Crippen LogP) is 2.10. The average Bonchev–Trinajstić information content (AvgIpc) is 2.36. The predicted molar refractivity (Wildman–Crippen MR) is 65.0 cm³/mol. The number of anilines is 1. The first kappa shape index (κ1) is 11.9. The second-order valence-corrected chi connectivity index (χ2v) is 4.42. The first-order valence-electron chi connectivity index (χ1n) is 5.86. The minimum absolute atomic E-state index is 0.0558. The van der Waals surface area contributed by atoms with Crippen LogP contribution in [0.4, 0.5) is 5.69 Å². The number of benzene rings is 1. The number of aliphatic hydroxyl groups is 1. The summed E-state index contributed by atoms with van der Waals surface area (Å²) in [6.45, 7) is 4.09. The fourth-order valence-electron chi connectivity index (χ4n) is 1.84. The van der Waals surface area contributed by atoms with Gasteiger partial charge in [0.15, 0.2) is 6.61 Å². The molecule has 0 bridgehead atoms. The van der Waals surface area contributed by atoms with Gasteiger partial charge in [0, 0.05) is 0 Å². The molecule has 2 N–H and O–H groups in total. The molecule has 2 atom stereocenters. The van der Waals surface area contributed by atoms with Crippen molar-refractivity contribution in [2.24, 2.45) is 5.92 Å². The second kappa shape index (κ2) is 4.75. The van der Waals surface area contributed by atoms with Crippen molar-refractivity contribution >= 4 is 11.6 Å². The summed E-state index contributed by atoms with van der Waals surface area (Å²) in [5.74, 6) is 0.686. The van der Waals surface area contributed by atoms with Gasteiger partial charge in [-0.15, -0.1) is 0 Å². The van der Waals surface area contributed by atoms with E-state index in [2.05, 4.69) is 5.32 Å². The van der Waals surface area contributed by atoms with E-state index in [-0.39, 0.29) is 18.4 Å². The molecule has 1 aromatic rings. The SMILES string of the molecule is CCC(C)C(O)c1ccc2c(c1)NC(=O)CO2. The molecule has 1 aromatic carbocycles. The number of hydrogen-bond acceptors (Lipinski definition) is 3. The number of rotatable bonds is 3. The summed E-state index contributed by atoms with van der Waals surface area (Å²) in [6.07, 6.45) is 0.394. The topological polar surface area (TPSA) is 58.6 Å². The third kappa shape index (κ3) is 2.42. The van der Waals surface area contributed by atoms with Crippen molar-refractivity contribution in [1.82, 2.24) is 0 Å². The number of carbonyl (C=O) groups is 1. The first-order chi connectivity index (χ1) is 8.11. The van der Waals surface area contributed by atoms with Crippen LogP contribution in [-0.2, 0) is 4.79 Å². The van der Waals surface area contributed by atoms with Crippen molar-refractivity contribution in [3.05, 3.63) is 23.8 Å². The van der Waals surface area contributed by atoms with Crippen LogP contribution in [0.5, 0.6) is 5.75 Å². The number of hydrogen-bond donors (Lipinski definition) is 2. The highest BCUT2D eigenvalue weighted by atomic mass is 16.5. The quantitative estimate of drug-likeness (QED) is 0.843. The molecule has 1 amide bonds. The number of carbonyl (C=O) groups excluding carboxylic acids is 1.